The monoisotopic (exact) mass is 386 g/mol. The van der Waals surface area contributed by atoms with Crippen molar-refractivity contribution in [2.75, 3.05) is 19.1 Å². The number of esters is 1. The van der Waals surface area contributed by atoms with E-state index in [0.29, 0.717) is 13.0 Å². The Morgan fingerprint density at radius 2 is 1.63 bits per heavy atom. The lowest BCUT2D eigenvalue weighted by atomic mass is 10.1. The van der Waals surface area contributed by atoms with Gasteiger partial charge in [-0.2, -0.15) is 11.8 Å². The van der Waals surface area contributed by atoms with Crippen LogP contribution in [0.1, 0.15) is 17.5 Å². The summed E-state index contributed by atoms with van der Waals surface area (Å²) in [7, 11) is 1.36. The predicted octanol–water partition coefficient (Wildman–Crippen LogP) is 3.06. The van der Waals surface area contributed by atoms with Crippen LogP contribution in [-0.4, -0.2) is 42.0 Å². The quantitative estimate of drug-likeness (QED) is 0.502. The van der Waals surface area contributed by atoms with Gasteiger partial charge < -0.3 is 4.74 Å². The first kappa shape index (κ1) is 21.0. The van der Waals surface area contributed by atoms with Crippen molar-refractivity contribution < 1.29 is 14.3 Å². The van der Waals surface area contributed by atoms with Gasteiger partial charge >= 0.3 is 5.97 Å². The minimum absolute atomic E-state index is 0.0943. The van der Waals surface area contributed by atoms with E-state index in [-0.39, 0.29) is 18.3 Å². The first-order valence-corrected chi connectivity index (χ1v) is 10.2. The molecule has 0 aliphatic carbocycles. The molecule has 6 heteroatoms. The molecule has 0 aromatic heterocycles. The van der Waals surface area contributed by atoms with E-state index in [1.54, 1.807) is 11.8 Å². The van der Waals surface area contributed by atoms with Crippen LogP contribution >= 0.6 is 11.8 Å². The maximum absolute atomic E-state index is 12.9. The van der Waals surface area contributed by atoms with Gasteiger partial charge in [0.05, 0.1) is 20.1 Å². The summed E-state index contributed by atoms with van der Waals surface area (Å²) in [5, 5.41) is 1.53. The van der Waals surface area contributed by atoms with Crippen LogP contribution in [0.2, 0.25) is 0 Å². The lowest BCUT2D eigenvalue weighted by Crippen LogP contribution is -2.51. The summed E-state index contributed by atoms with van der Waals surface area (Å²) in [5.74, 6) is 0.330. The van der Waals surface area contributed by atoms with E-state index in [2.05, 4.69) is 5.43 Å². The fraction of sp³-hybridized carbons (Fsp3) is 0.333. The molecule has 1 atom stereocenters. The van der Waals surface area contributed by atoms with Gasteiger partial charge in [-0.25, -0.2) is 5.43 Å². The second kappa shape index (κ2) is 11.4. The zero-order chi connectivity index (χ0) is 19.5. The molecule has 0 bridgehead atoms. The normalized spacial score (nSPS) is 11.6. The van der Waals surface area contributed by atoms with Crippen molar-refractivity contribution in [3.8, 4) is 0 Å². The Morgan fingerprint density at radius 3 is 2.19 bits per heavy atom. The SMILES string of the molecule is COC(=O)[C@H](CCSC)NN(Cc1ccccc1)C(=O)Cc1ccccc1. The molecule has 0 aliphatic rings. The average Bonchev–Trinajstić information content (AvgIpc) is 2.71. The van der Waals surface area contributed by atoms with Gasteiger partial charge in [0.25, 0.3) is 0 Å². The molecule has 0 saturated heterocycles. The van der Waals surface area contributed by atoms with Crippen LogP contribution in [0.3, 0.4) is 0 Å². The third-order valence-electron chi connectivity index (χ3n) is 4.09. The molecule has 5 nitrogen and oxygen atoms in total. The van der Waals surface area contributed by atoms with E-state index in [1.165, 1.54) is 12.1 Å². The maximum Gasteiger partial charge on any atom is 0.324 e. The fourth-order valence-electron chi connectivity index (χ4n) is 2.64. The van der Waals surface area contributed by atoms with Crippen molar-refractivity contribution in [2.45, 2.75) is 25.4 Å². The van der Waals surface area contributed by atoms with E-state index in [4.69, 9.17) is 4.74 Å². The second-order valence-electron chi connectivity index (χ2n) is 6.11. The first-order chi connectivity index (χ1) is 13.1. The summed E-state index contributed by atoms with van der Waals surface area (Å²) < 4.78 is 4.91. The third-order valence-corrected chi connectivity index (χ3v) is 4.73. The number of ether oxygens (including phenoxy) is 1. The van der Waals surface area contributed by atoms with E-state index in [9.17, 15) is 9.59 Å². The molecular formula is C21H26N2O3S. The Morgan fingerprint density at radius 1 is 1.04 bits per heavy atom. The molecule has 27 heavy (non-hydrogen) atoms. The van der Waals surface area contributed by atoms with Crippen molar-refractivity contribution >= 4 is 23.6 Å². The van der Waals surface area contributed by atoms with Gasteiger partial charge in [0.15, 0.2) is 0 Å². The molecule has 2 rings (SSSR count). The third kappa shape index (κ3) is 7.07. The zero-order valence-corrected chi connectivity index (χ0v) is 16.6. The number of rotatable bonds is 10. The molecule has 0 unspecified atom stereocenters. The second-order valence-corrected chi connectivity index (χ2v) is 7.10. The number of methoxy groups -OCH3 is 1. The zero-order valence-electron chi connectivity index (χ0n) is 15.8. The lowest BCUT2D eigenvalue weighted by molar-refractivity contribution is -0.147. The van der Waals surface area contributed by atoms with Gasteiger partial charge in [0, 0.05) is 0 Å². The Balaban J connectivity index is 2.16. The molecule has 0 spiro atoms. The van der Waals surface area contributed by atoms with E-state index in [0.717, 1.165) is 16.9 Å². The number of nitrogens with zero attached hydrogens (tertiary/aromatic N) is 1. The molecule has 0 heterocycles. The van der Waals surface area contributed by atoms with E-state index in [1.807, 2.05) is 66.9 Å². The summed E-state index contributed by atoms with van der Waals surface area (Å²) in [5.41, 5.74) is 5.02. The van der Waals surface area contributed by atoms with Crippen LogP contribution in [0.15, 0.2) is 60.7 Å². The molecule has 144 valence electrons. The van der Waals surface area contributed by atoms with Gasteiger partial charge in [-0.3, -0.25) is 14.6 Å². The number of carbonyl (C=O) groups excluding carboxylic acids is 2. The smallest absolute Gasteiger partial charge is 0.324 e. The van der Waals surface area contributed by atoms with Gasteiger partial charge in [0.1, 0.15) is 6.04 Å². The molecule has 0 aliphatic heterocycles. The van der Waals surface area contributed by atoms with Gasteiger partial charge in [0.2, 0.25) is 5.91 Å². The van der Waals surface area contributed by atoms with E-state index >= 15 is 0 Å². The number of hydrogen-bond acceptors (Lipinski definition) is 5. The first-order valence-electron chi connectivity index (χ1n) is 8.85. The van der Waals surface area contributed by atoms with Gasteiger partial charge in [-0.15, -0.1) is 0 Å². The molecule has 1 amide bonds. The summed E-state index contributed by atoms with van der Waals surface area (Å²) in [6.07, 6.45) is 2.82. The Labute approximate surface area is 165 Å². The number of hydrazine groups is 1. The summed E-state index contributed by atoms with van der Waals surface area (Å²) in [6.45, 7) is 0.374. The van der Waals surface area contributed by atoms with Crippen molar-refractivity contribution in [1.82, 2.24) is 10.4 Å². The van der Waals surface area contributed by atoms with Gasteiger partial charge in [-0.1, -0.05) is 60.7 Å². The van der Waals surface area contributed by atoms with E-state index < -0.39 is 6.04 Å². The van der Waals surface area contributed by atoms with Crippen LogP contribution in [0.5, 0.6) is 0 Å². The summed E-state index contributed by atoms with van der Waals surface area (Å²) in [6, 6.07) is 18.7. The highest BCUT2D eigenvalue weighted by atomic mass is 32.2. The molecular weight excluding hydrogens is 360 g/mol. The van der Waals surface area contributed by atoms with Crippen molar-refractivity contribution in [1.29, 1.82) is 0 Å². The predicted molar refractivity (Wildman–Crippen MR) is 109 cm³/mol. The molecule has 2 aromatic rings. The summed E-state index contributed by atoms with van der Waals surface area (Å²) in [4.78, 5) is 25.1. The molecule has 0 radical (unpaired) electrons. The number of carbonyl (C=O) groups is 2. The van der Waals surface area contributed by atoms with Crippen molar-refractivity contribution in [3.05, 3.63) is 71.8 Å². The average molecular weight is 387 g/mol. The standard InChI is InChI=1S/C21H26N2O3S/c1-26-21(25)19(13-14-27-2)22-23(16-18-11-7-4-8-12-18)20(24)15-17-9-5-3-6-10-17/h3-12,19,22H,13-16H2,1-2H3/t19-/m0/s1. The number of amides is 1. The highest BCUT2D eigenvalue weighted by molar-refractivity contribution is 7.98. The molecule has 2 aromatic carbocycles. The largest absolute Gasteiger partial charge is 0.468 e. The number of thioether (sulfide) groups is 1. The molecule has 0 fully saturated rings. The topological polar surface area (TPSA) is 58.6 Å². The lowest BCUT2D eigenvalue weighted by Gasteiger charge is -2.28. The van der Waals surface area contributed by atoms with Crippen molar-refractivity contribution in [3.63, 3.8) is 0 Å². The van der Waals surface area contributed by atoms with Crippen molar-refractivity contribution in [2.24, 2.45) is 0 Å². The van der Waals surface area contributed by atoms with Crippen LogP contribution in [0.4, 0.5) is 0 Å². The Hall–Kier alpha value is -2.31. The highest BCUT2D eigenvalue weighted by Gasteiger charge is 2.24. The van der Waals surface area contributed by atoms with Crippen LogP contribution in [0, 0.1) is 0 Å². The Bertz CT molecular complexity index is 710. The van der Waals surface area contributed by atoms with Crippen LogP contribution in [0.25, 0.3) is 0 Å². The summed E-state index contributed by atoms with van der Waals surface area (Å²) >= 11 is 1.65. The Kier molecular flexibility index (Phi) is 8.87. The number of hydrogen-bond donors (Lipinski definition) is 1. The minimum Gasteiger partial charge on any atom is -0.468 e. The number of nitrogens with one attached hydrogen (secondary N) is 1. The van der Waals surface area contributed by atoms with Gasteiger partial charge in [-0.05, 0) is 29.6 Å². The number of benzene rings is 2. The maximum atomic E-state index is 12.9. The molecule has 0 saturated carbocycles. The molecule has 1 N–H and O–H groups in total. The van der Waals surface area contributed by atoms with Crippen LogP contribution < -0.4 is 5.43 Å². The fourth-order valence-corrected chi connectivity index (χ4v) is 3.11. The highest BCUT2D eigenvalue weighted by Crippen LogP contribution is 2.10. The minimum atomic E-state index is -0.564. The van der Waals surface area contributed by atoms with Crippen LogP contribution in [-0.2, 0) is 27.3 Å².